The highest BCUT2D eigenvalue weighted by Crippen LogP contribution is 2.22. The second-order valence-electron chi connectivity index (χ2n) is 3.88. The molecule has 2 rings (SSSR count). The minimum Gasteiger partial charge on any atom is -0.383 e. The van der Waals surface area contributed by atoms with E-state index < -0.39 is 0 Å². The van der Waals surface area contributed by atoms with Crippen molar-refractivity contribution in [3.63, 3.8) is 0 Å². The number of alkyl halides is 1. The van der Waals surface area contributed by atoms with Crippen LogP contribution in [0.2, 0.25) is 0 Å². The fourth-order valence-corrected chi connectivity index (χ4v) is 1.98. The lowest BCUT2D eigenvalue weighted by Crippen LogP contribution is -2.07. The molecule has 5 heteroatoms. The second kappa shape index (κ2) is 5.65. The first-order valence-corrected chi connectivity index (χ1v) is 6.68. The van der Waals surface area contributed by atoms with Crippen LogP contribution in [0.3, 0.4) is 0 Å². The minimum atomic E-state index is 0.178. The van der Waals surface area contributed by atoms with Gasteiger partial charge in [-0.3, -0.25) is 9.97 Å². The fraction of sp³-hybridized carbons (Fsp3) is 0.333. The molecule has 0 radical (unpaired) electrons. The van der Waals surface area contributed by atoms with Crippen molar-refractivity contribution in [2.24, 2.45) is 0 Å². The molecule has 17 heavy (non-hydrogen) atoms. The molecule has 0 saturated heterocycles. The molecule has 3 nitrogen and oxygen atoms in total. The monoisotopic (exact) mass is 313 g/mol. The summed E-state index contributed by atoms with van der Waals surface area (Å²) in [5.41, 5.74) is 2.76. The van der Waals surface area contributed by atoms with Gasteiger partial charge in [-0.1, -0.05) is 0 Å². The van der Waals surface area contributed by atoms with Crippen molar-refractivity contribution in [2.75, 3.05) is 11.9 Å². The standard InChI is InChI=1S/C12H13BrClN3/c1-8(14)2-4-15-10-3-5-16-11-6-9(13)7-17-12(10)11/h3,5-8H,2,4H2,1H3,(H,15,16). The summed E-state index contributed by atoms with van der Waals surface area (Å²) in [4.78, 5) is 8.66. The minimum absolute atomic E-state index is 0.178. The number of halogens is 2. The summed E-state index contributed by atoms with van der Waals surface area (Å²) in [5.74, 6) is 0. The lowest BCUT2D eigenvalue weighted by atomic mass is 10.2. The Hall–Kier alpha value is -0.870. The van der Waals surface area contributed by atoms with E-state index in [0.29, 0.717) is 0 Å². The van der Waals surface area contributed by atoms with Gasteiger partial charge in [0, 0.05) is 28.8 Å². The summed E-state index contributed by atoms with van der Waals surface area (Å²) < 4.78 is 0.934. The number of anilines is 1. The van der Waals surface area contributed by atoms with E-state index in [0.717, 1.165) is 34.2 Å². The van der Waals surface area contributed by atoms with Crippen LogP contribution in [0, 0.1) is 0 Å². The molecular weight excluding hydrogens is 302 g/mol. The third-order valence-corrected chi connectivity index (χ3v) is 3.05. The molecule has 0 aliphatic carbocycles. The van der Waals surface area contributed by atoms with Crippen LogP contribution < -0.4 is 5.32 Å². The Bertz CT molecular complexity index is 516. The van der Waals surface area contributed by atoms with Gasteiger partial charge < -0.3 is 5.32 Å². The lowest BCUT2D eigenvalue weighted by Gasteiger charge is -2.09. The maximum atomic E-state index is 5.91. The molecule has 0 spiro atoms. The van der Waals surface area contributed by atoms with Crippen LogP contribution in [0.1, 0.15) is 13.3 Å². The predicted octanol–water partition coefficient (Wildman–Crippen LogP) is 3.82. The molecule has 0 bridgehead atoms. The molecule has 2 aromatic rings. The van der Waals surface area contributed by atoms with Crippen LogP contribution in [-0.2, 0) is 0 Å². The number of hydrogen-bond acceptors (Lipinski definition) is 3. The molecule has 2 heterocycles. The fourth-order valence-electron chi connectivity index (χ4n) is 1.55. The van der Waals surface area contributed by atoms with E-state index in [1.165, 1.54) is 0 Å². The third-order valence-electron chi connectivity index (χ3n) is 2.40. The predicted molar refractivity (Wildman–Crippen MR) is 75.7 cm³/mol. The molecule has 90 valence electrons. The van der Waals surface area contributed by atoms with Gasteiger partial charge >= 0.3 is 0 Å². The van der Waals surface area contributed by atoms with Gasteiger partial charge in [-0.2, -0.15) is 0 Å². The maximum absolute atomic E-state index is 5.91. The first-order valence-electron chi connectivity index (χ1n) is 5.45. The molecular formula is C12H13BrClN3. The Morgan fingerprint density at radius 3 is 3.06 bits per heavy atom. The molecule has 0 fully saturated rings. The Kier molecular flexibility index (Phi) is 4.18. The number of nitrogens with zero attached hydrogens (tertiary/aromatic N) is 2. The quantitative estimate of drug-likeness (QED) is 0.872. The van der Waals surface area contributed by atoms with Crippen molar-refractivity contribution in [1.29, 1.82) is 0 Å². The number of fused-ring (bicyclic) bond motifs is 1. The molecule has 1 N–H and O–H groups in total. The number of nitrogens with one attached hydrogen (secondary N) is 1. The molecule has 2 aromatic heterocycles. The van der Waals surface area contributed by atoms with Gasteiger partial charge in [-0.15, -0.1) is 11.6 Å². The number of hydrogen-bond donors (Lipinski definition) is 1. The van der Waals surface area contributed by atoms with Crippen molar-refractivity contribution < 1.29 is 0 Å². The average molecular weight is 315 g/mol. The zero-order valence-electron chi connectivity index (χ0n) is 9.45. The first kappa shape index (κ1) is 12.6. The summed E-state index contributed by atoms with van der Waals surface area (Å²) >= 11 is 9.30. The largest absolute Gasteiger partial charge is 0.383 e. The number of rotatable bonds is 4. The van der Waals surface area contributed by atoms with Crippen molar-refractivity contribution in [1.82, 2.24) is 9.97 Å². The molecule has 0 aromatic carbocycles. The van der Waals surface area contributed by atoms with Crippen molar-refractivity contribution in [3.05, 3.63) is 29.0 Å². The van der Waals surface area contributed by atoms with E-state index in [1.54, 1.807) is 12.4 Å². The van der Waals surface area contributed by atoms with Crippen molar-refractivity contribution in [2.45, 2.75) is 18.7 Å². The van der Waals surface area contributed by atoms with Gasteiger partial charge in [0.25, 0.3) is 0 Å². The summed E-state index contributed by atoms with van der Waals surface area (Å²) in [6, 6.07) is 3.89. The zero-order valence-corrected chi connectivity index (χ0v) is 11.8. The molecule has 1 unspecified atom stereocenters. The summed E-state index contributed by atoms with van der Waals surface area (Å²) in [5, 5.41) is 3.51. The first-order chi connectivity index (χ1) is 8.16. The summed E-state index contributed by atoms with van der Waals surface area (Å²) in [7, 11) is 0. The average Bonchev–Trinajstić information content (AvgIpc) is 2.28. The summed E-state index contributed by atoms with van der Waals surface area (Å²) in [6.07, 6.45) is 4.48. The van der Waals surface area contributed by atoms with Gasteiger partial charge in [-0.25, -0.2) is 0 Å². The summed E-state index contributed by atoms with van der Waals surface area (Å²) in [6.45, 7) is 2.82. The Labute approximate surface area is 114 Å². The van der Waals surface area contributed by atoms with Gasteiger partial charge in [0.2, 0.25) is 0 Å². The highest BCUT2D eigenvalue weighted by Gasteiger charge is 2.04. The Morgan fingerprint density at radius 2 is 2.29 bits per heavy atom. The smallest absolute Gasteiger partial charge is 0.112 e. The van der Waals surface area contributed by atoms with Gasteiger partial charge in [0.05, 0.1) is 11.2 Å². The van der Waals surface area contributed by atoms with Gasteiger partial charge in [0.15, 0.2) is 0 Å². The Morgan fingerprint density at radius 1 is 1.47 bits per heavy atom. The van der Waals surface area contributed by atoms with E-state index in [4.69, 9.17) is 11.6 Å². The van der Waals surface area contributed by atoms with E-state index in [1.807, 2.05) is 19.1 Å². The SMILES string of the molecule is CC(Cl)CCNc1ccnc2cc(Br)cnc12. The van der Waals surface area contributed by atoms with E-state index >= 15 is 0 Å². The van der Waals surface area contributed by atoms with Crippen molar-refractivity contribution in [3.8, 4) is 0 Å². The van der Waals surface area contributed by atoms with Crippen LogP contribution in [0.5, 0.6) is 0 Å². The molecule has 1 atom stereocenters. The highest BCUT2D eigenvalue weighted by atomic mass is 79.9. The zero-order chi connectivity index (χ0) is 12.3. The normalized spacial score (nSPS) is 12.6. The van der Waals surface area contributed by atoms with Crippen molar-refractivity contribution >= 4 is 44.3 Å². The molecule has 0 aliphatic heterocycles. The van der Waals surface area contributed by atoms with E-state index in [-0.39, 0.29) is 5.38 Å². The van der Waals surface area contributed by atoms with E-state index in [2.05, 4.69) is 31.2 Å². The van der Waals surface area contributed by atoms with Crippen LogP contribution in [0.25, 0.3) is 11.0 Å². The van der Waals surface area contributed by atoms with Crippen LogP contribution in [0.4, 0.5) is 5.69 Å². The maximum Gasteiger partial charge on any atom is 0.112 e. The molecule has 0 saturated carbocycles. The lowest BCUT2D eigenvalue weighted by molar-refractivity contribution is 0.843. The van der Waals surface area contributed by atoms with Crippen LogP contribution in [-0.4, -0.2) is 21.9 Å². The van der Waals surface area contributed by atoms with Crippen LogP contribution in [0.15, 0.2) is 29.0 Å². The van der Waals surface area contributed by atoms with Crippen LogP contribution >= 0.6 is 27.5 Å². The number of pyridine rings is 2. The second-order valence-corrected chi connectivity index (χ2v) is 5.54. The van der Waals surface area contributed by atoms with Gasteiger partial charge in [-0.05, 0) is 41.4 Å². The topological polar surface area (TPSA) is 37.8 Å². The Balaban J connectivity index is 2.22. The van der Waals surface area contributed by atoms with E-state index in [9.17, 15) is 0 Å². The molecule has 0 aliphatic rings. The number of aromatic nitrogens is 2. The van der Waals surface area contributed by atoms with Gasteiger partial charge in [0.1, 0.15) is 5.52 Å². The molecule has 0 amide bonds. The highest BCUT2D eigenvalue weighted by molar-refractivity contribution is 9.10. The third kappa shape index (κ3) is 3.30.